The van der Waals surface area contributed by atoms with Crippen molar-refractivity contribution in [2.24, 2.45) is 15.1 Å². The van der Waals surface area contributed by atoms with Gasteiger partial charge in [0.2, 0.25) is 0 Å². The number of amidine groups is 1. The lowest BCUT2D eigenvalue weighted by molar-refractivity contribution is 0.326. The molecule has 22 heavy (non-hydrogen) atoms. The summed E-state index contributed by atoms with van der Waals surface area (Å²) in [6, 6.07) is 4.34. The minimum absolute atomic E-state index is 0.0326. The van der Waals surface area contributed by atoms with Crippen LogP contribution in [-0.4, -0.2) is 34.3 Å². The molecule has 2 rings (SSSR count). The number of hydrogen-bond donors (Lipinski definition) is 1. The number of hydrogen-bond acceptors (Lipinski definition) is 4. The van der Waals surface area contributed by atoms with Crippen LogP contribution in [0.25, 0.3) is 0 Å². The topological polar surface area (TPSA) is 67.8 Å². The van der Waals surface area contributed by atoms with Gasteiger partial charge in [-0.05, 0) is 54.6 Å². The minimum atomic E-state index is -2.89. The van der Waals surface area contributed by atoms with Gasteiger partial charge in [0.15, 0.2) is 0 Å². The van der Waals surface area contributed by atoms with Gasteiger partial charge in [-0.2, -0.15) is 0 Å². The van der Waals surface area contributed by atoms with Crippen molar-refractivity contribution in [1.82, 2.24) is 0 Å². The molecule has 0 aliphatic carbocycles. The average molecular weight is 441 g/mol. The van der Waals surface area contributed by atoms with E-state index in [1.807, 2.05) is 22.6 Å². The molecule has 1 heterocycles. The molecule has 0 amide bonds. The van der Waals surface area contributed by atoms with Crippen molar-refractivity contribution in [3.05, 3.63) is 33.1 Å². The largest absolute Gasteiger partial charge is 0.386 e. The van der Waals surface area contributed by atoms with Crippen molar-refractivity contribution < 1.29 is 13.0 Å². The smallest absolute Gasteiger partial charge is 0.131 e. The molecule has 1 aliphatic rings. The maximum atomic E-state index is 14.3. The van der Waals surface area contributed by atoms with Gasteiger partial charge in [-0.1, -0.05) is 0 Å². The van der Waals surface area contributed by atoms with E-state index in [4.69, 9.17) is 5.73 Å². The summed E-state index contributed by atoms with van der Waals surface area (Å²) in [7, 11) is -1.48. The van der Waals surface area contributed by atoms with Crippen molar-refractivity contribution in [1.29, 1.82) is 0 Å². The lowest BCUT2D eigenvalue weighted by atomic mass is 9.92. The first-order chi connectivity index (χ1) is 10.1. The summed E-state index contributed by atoms with van der Waals surface area (Å²) in [5.41, 5.74) is 4.43. The van der Waals surface area contributed by atoms with Gasteiger partial charge in [0.25, 0.3) is 0 Å². The zero-order valence-corrected chi connectivity index (χ0v) is 15.5. The Balaban J connectivity index is 2.79. The second kappa shape index (κ2) is 5.70. The zero-order chi connectivity index (χ0) is 16.8. The van der Waals surface area contributed by atoms with E-state index < -0.39 is 32.5 Å². The van der Waals surface area contributed by atoms with E-state index in [9.17, 15) is 13.0 Å². The molecule has 4 nitrogen and oxygen atoms in total. The van der Waals surface area contributed by atoms with E-state index in [0.29, 0.717) is 0 Å². The van der Waals surface area contributed by atoms with Gasteiger partial charge < -0.3 is 5.73 Å². The van der Waals surface area contributed by atoms with Gasteiger partial charge in [0.1, 0.15) is 28.6 Å². The first-order valence-electron chi connectivity index (χ1n) is 6.62. The molecule has 2 atom stereocenters. The van der Waals surface area contributed by atoms with E-state index in [0.717, 1.165) is 3.57 Å². The fraction of sp³-hybridized carbons (Fsp3) is 0.500. The highest BCUT2D eigenvalue weighted by Gasteiger charge is 2.50. The van der Waals surface area contributed by atoms with E-state index in [-0.39, 0.29) is 17.2 Å². The Morgan fingerprint density at radius 2 is 2.14 bits per heavy atom. The lowest BCUT2D eigenvalue weighted by Gasteiger charge is -2.41. The van der Waals surface area contributed by atoms with Gasteiger partial charge in [-0.3, -0.25) is 4.99 Å². The van der Waals surface area contributed by atoms with Gasteiger partial charge in [0.05, 0.1) is 15.5 Å². The lowest BCUT2D eigenvalue weighted by Crippen LogP contribution is -2.56. The highest BCUT2D eigenvalue weighted by atomic mass is 127. The Kier molecular flexibility index (Phi) is 4.55. The molecule has 0 fully saturated rings. The Bertz CT molecular complexity index is 756. The standard InChI is InChI=1S/C14H18F2IN3OS/c1-13(2)12(18)20-14(7-15,8-22(13,21)19-3)10-6-9(17)4-5-11(10)16/h4-6H,7-8H2,1-3H3,(H2,18,20)/t14?,22-/m1/s1. The summed E-state index contributed by atoms with van der Waals surface area (Å²) in [4.78, 5) is 4.24. The normalized spacial score (nSPS) is 30.7. The predicted molar refractivity (Wildman–Crippen MR) is 93.8 cm³/mol. The highest BCUT2D eigenvalue weighted by molar-refractivity contribution is 14.1. The van der Waals surface area contributed by atoms with Gasteiger partial charge in [0, 0.05) is 16.2 Å². The molecule has 0 spiro atoms. The number of nitrogens with two attached hydrogens (primary N) is 1. The SMILES string of the molecule is CN=[S@@]1(=O)CC(CF)(c2cc(I)ccc2F)N=C(N)C1(C)C. The van der Waals surface area contributed by atoms with Crippen molar-refractivity contribution in [2.45, 2.75) is 24.1 Å². The molecular weight excluding hydrogens is 423 g/mol. The summed E-state index contributed by atoms with van der Waals surface area (Å²) in [6.07, 6.45) is 0. The van der Waals surface area contributed by atoms with Gasteiger partial charge in [-0.25, -0.2) is 17.4 Å². The molecule has 0 radical (unpaired) electrons. The summed E-state index contributed by atoms with van der Waals surface area (Å²) < 4.78 is 45.1. The van der Waals surface area contributed by atoms with Crippen LogP contribution in [0.2, 0.25) is 0 Å². The number of nitrogens with zero attached hydrogens (tertiary/aromatic N) is 2. The first kappa shape index (κ1) is 17.6. The molecule has 0 saturated heterocycles. The van der Waals surface area contributed by atoms with Crippen LogP contribution in [0.1, 0.15) is 19.4 Å². The molecule has 0 bridgehead atoms. The van der Waals surface area contributed by atoms with Crippen LogP contribution < -0.4 is 5.73 Å². The molecule has 8 heteroatoms. The monoisotopic (exact) mass is 441 g/mol. The molecule has 122 valence electrons. The Labute approximate surface area is 142 Å². The van der Waals surface area contributed by atoms with E-state index in [1.165, 1.54) is 19.2 Å². The van der Waals surface area contributed by atoms with Crippen LogP contribution in [0, 0.1) is 9.39 Å². The molecule has 0 aromatic heterocycles. The fourth-order valence-corrected chi connectivity index (χ4v) is 5.24. The van der Waals surface area contributed by atoms with Crippen molar-refractivity contribution in [3.8, 4) is 0 Å². The van der Waals surface area contributed by atoms with Crippen LogP contribution in [0.4, 0.5) is 8.78 Å². The highest BCUT2D eigenvalue weighted by Crippen LogP contribution is 2.39. The van der Waals surface area contributed by atoms with E-state index >= 15 is 0 Å². The number of aliphatic imine (C=N–C) groups is 1. The molecule has 1 unspecified atom stereocenters. The average Bonchev–Trinajstić information content (AvgIpc) is 2.47. The van der Waals surface area contributed by atoms with Crippen LogP contribution in [0.15, 0.2) is 27.6 Å². The predicted octanol–water partition coefficient (Wildman–Crippen LogP) is 2.84. The van der Waals surface area contributed by atoms with E-state index in [2.05, 4.69) is 9.36 Å². The molecule has 1 aliphatic heterocycles. The van der Waals surface area contributed by atoms with Gasteiger partial charge in [-0.15, -0.1) is 0 Å². The third kappa shape index (κ3) is 2.53. The van der Waals surface area contributed by atoms with Gasteiger partial charge >= 0.3 is 0 Å². The van der Waals surface area contributed by atoms with Crippen molar-refractivity contribution in [2.75, 3.05) is 19.5 Å². The summed E-state index contributed by atoms with van der Waals surface area (Å²) in [5.74, 6) is -0.755. The summed E-state index contributed by atoms with van der Waals surface area (Å²) in [6.45, 7) is 2.33. The maximum Gasteiger partial charge on any atom is 0.131 e. The number of halogens is 3. The van der Waals surface area contributed by atoms with Crippen LogP contribution in [0.3, 0.4) is 0 Å². The third-order valence-corrected chi connectivity index (χ3v) is 8.06. The minimum Gasteiger partial charge on any atom is -0.386 e. The van der Waals surface area contributed by atoms with Crippen molar-refractivity contribution in [3.63, 3.8) is 0 Å². The molecular formula is C14H18F2IN3OS. The number of alkyl halides is 1. The molecule has 0 saturated carbocycles. The van der Waals surface area contributed by atoms with E-state index in [1.54, 1.807) is 19.9 Å². The number of rotatable bonds is 2. The molecule has 1 aromatic rings. The van der Waals surface area contributed by atoms with Crippen molar-refractivity contribution >= 4 is 38.2 Å². The Morgan fingerprint density at radius 3 is 2.68 bits per heavy atom. The van der Waals surface area contributed by atoms with Crippen LogP contribution >= 0.6 is 22.6 Å². The second-order valence-electron chi connectivity index (χ2n) is 5.76. The second-order valence-corrected chi connectivity index (χ2v) is 9.97. The maximum absolute atomic E-state index is 14.3. The quantitative estimate of drug-likeness (QED) is 0.718. The number of benzene rings is 1. The third-order valence-electron chi connectivity index (χ3n) is 4.13. The van der Waals surface area contributed by atoms with Crippen LogP contribution in [0.5, 0.6) is 0 Å². The Hall–Kier alpha value is -0.770. The zero-order valence-electron chi connectivity index (χ0n) is 12.6. The summed E-state index contributed by atoms with van der Waals surface area (Å²) in [5, 5.41) is 0. The van der Waals surface area contributed by atoms with Crippen LogP contribution in [-0.2, 0) is 15.3 Å². The first-order valence-corrected chi connectivity index (χ1v) is 9.38. The molecule has 1 aromatic carbocycles. The fourth-order valence-electron chi connectivity index (χ4n) is 2.49. The Morgan fingerprint density at radius 1 is 1.50 bits per heavy atom. The molecule has 2 N–H and O–H groups in total. The summed E-state index contributed by atoms with van der Waals surface area (Å²) >= 11 is 2.01.